The van der Waals surface area contributed by atoms with Gasteiger partial charge in [-0.2, -0.15) is 0 Å². The van der Waals surface area contributed by atoms with Crippen LogP contribution in [-0.4, -0.2) is 32.5 Å². The molecule has 40 heavy (non-hydrogen) atoms. The number of fused-ring (bicyclic) bond motifs is 1. The van der Waals surface area contributed by atoms with E-state index in [1.807, 2.05) is 63.2 Å². The zero-order chi connectivity index (χ0) is 28.2. The Balaban J connectivity index is 1.60. The van der Waals surface area contributed by atoms with Gasteiger partial charge >= 0.3 is 5.97 Å². The van der Waals surface area contributed by atoms with E-state index >= 15 is 0 Å². The largest absolute Gasteiger partial charge is 0.466 e. The molecule has 5 rings (SSSR count). The molecule has 0 aliphatic rings. The van der Waals surface area contributed by atoms with Gasteiger partial charge in [0.15, 0.2) is 5.82 Å². The van der Waals surface area contributed by atoms with Crippen LogP contribution in [-0.2, 0) is 16.0 Å². The lowest BCUT2D eigenvalue weighted by Crippen LogP contribution is -2.09. The number of aryl methyl sites for hydroxylation is 1. The fourth-order valence-electron chi connectivity index (χ4n) is 4.56. The van der Waals surface area contributed by atoms with E-state index in [0.29, 0.717) is 17.5 Å². The third-order valence-corrected chi connectivity index (χ3v) is 7.98. The van der Waals surface area contributed by atoms with Crippen LogP contribution in [0.2, 0.25) is 5.02 Å². The van der Waals surface area contributed by atoms with Crippen LogP contribution in [0.1, 0.15) is 37.2 Å². The van der Waals surface area contributed by atoms with Crippen molar-refractivity contribution in [1.82, 2.24) is 19.9 Å². The Hall–Kier alpha value is -4.14. The fraction of sp³-hybridized carbons (Fsp3) is 0.194. The quantitative estimate of drug-likeness (QED) is 0.196. The molecule has 3 heterocycles. The number of allylic oxidation sites excluding steroid dienone is 1. The molecule has 0 fully saturated rings. The first-order valence-corrected chi connectivity index (χ1v) is 14.2. The number of rotatable bonds is 8. The van der Waals surface area contributed by atoms with Crippen molar-refractivity contribution < 1.29 is 9.53 Å². The van der Waals surface area contributed by atoms with Gasteiger partial charge in [0.2, 0.25) is 0 Å². The number of nitrogens with two attached hydrogens (primary N) is 1. The Kier molecular flexibility index (Phi) is 8.19. The summed E-state index contributed by atoms with van der Waals surface area (Å²) in [7, 11) is 0. The molecule has 0 saturated carbocycles. The number of hydrogen-bond donors (Lipinski definition) is 1. The molecule has 3 aromatic heterocycles. The van der Waals surface area contributed by atoms with Gasteiger partial charge in [-0.1, -0.05) is 30.7 Å². The van der Waals surface area contributed by atoms with E-state index in [-0.39, 0.29) is 12.4 Å². The highest BCUT2D eigenvalue weighted by Crippen LogP contribution is 2.41. The second-order valence-electron chi connectivity index (χ2n) is 9.17. The summed E-state index contributed by atoms with van der Waals surface area (Å²) in [5.41, 5.74) is 13.8. The van der Waals surface area contributed by atoms with E-state index in [4.69, 9.17) is 27.1 Å². The van der Waals surface area contributed by atoms with E-state index in [0.717, 1.165) is 66.3 Å². The van der Waals surface area contributed by atoms with Crippen LogP contribution in [0.15, 0.2) is 67.3 Å². The van der Waals surface area contributed by atoms with Gasteiger partial charge in [0, 0.05) is 52.1 Å². The van der Waals surface area contributed by atoms with Crippen molar-refractivity contribution in [2.24, 2.45) is 5.73 Å². The first-order valence-electron chi connectivity index (χ1n) is 13.0. The topological polar surface area (TPSA) is 104 Å². The molecule has 2 N–H and O–H groups in total. The molecule has 2 aromatic carbocycles. The van der Waals surface area contributed by atoms with Gasteiger partial charge in [0.05, 0.1) is 28.9 Å². The molecule has 5 aromatic rings. The van der Waals surface area contributed by atoms with Crippen LogP contribution >= 0.6 is 22.9 Å². The molecule has 0 unspecified atom stereocenters. The van der Waals surface area contributed by atoms with E-state index in [9.17, 15) is 4.79 Å². The van der Waals surface area contributed by atoms with Crippen molar-refractivity contribution in [3.05, 3.63) is 89.2 Å². The molecular formula is C31H28ClN5O2S. The minimum Gasteiger partial charge on any atom is -0.466 e. The number of aromatic nitrogens is 4. The smallest absolute Gasteiger partial charge is 0.310 e. The zero-order valence-corrected chi connectivity index (χ0v) is 24.0. The molecule has 0 atom stereocenters. The number of esters is 1. The summed E-state index contributed by atoms with van der Waals surface area (Å²) >= 11 is 7.77. The normalized spacial score (nSPS) is 11.7. The summed E-state index contributed by atoms with van der Waals surface area (Å²) < 4.78 is 6.28. The number of carbonyl (C=O) groups excluding carboxylic acids is 1. The maximum absolute atomic E-state index is 12.5. The lowest BCUT2D eigenvalue weighted by molar-refractivity contribution is -0.142. The third kappa shape index (κ3) is 5.59. The molecule has 0 bridgehead atoms. The summed E-state index contributed by atoms with van der Waals surface area (Å²) in [6.07, 6.45) is 7.75. The predicted molar refractivity (Wildman–Crippen MR) is 162 cm³/mol. The first-order chi connectivity index (χ1) is 19.4. The molecule has 0 spiro atoms. The Bertz CT molecular complexity index is 1710. The summed E-state index contributed by atoms with van der Waals surface area (Å²) in [5, 5.41) is 1.49. The number of thiazole rings is 1. The Morgan fingerprint density at radius 3 is 2.45 bits per heavy atom. The van der Waals surface area contributed by atoms with Gasteiger partial charge in [0.25, 0.3) is 0 Å². The third-order valence-electron chi connectivity index (χ3n) is 6.59. The average Bonchev–Trinajstić information content (AvgIpc) is 3.39. The standard InChI is InChI=1S/C31H28ClN5O2S/c1-4-19(15-33)30-35-16-22(17-36-30)25-13-21(10-11-34-25)31-37-26-12-18(3)24(14-27(38)39-5-2)28(29(26)40-31)20-6-8-23(32)9-7-20/h6-13,15-17H,4-5,14,33H2,1-3H3/b19-15-. The number of benzene rings is 2. The summed E-state index contributed by atoms with van der Waals surface area (Å²) in [4.78, 5) is 31.1. The highest BCUT2D eigenvalue weighted by Gasteiger charge is 2.20. The van der Waals surface area contributed by atoms with Crippen LogP contribution < -0.4 is 5.73 Å². The number of nitrogens with zero attached hydrogens (tertiary/aromatic N) is 4. The number of hydrogen-bond acceptors (Lipinski definition) is 8. The monoisotopic (exact) mass is 569 g/mol. The van der Waals surface area contributed by atoms with E-state index in [1.54, 1.807) is 36.1 Å². The molecule has 0 aliphatic carbocycles. The van der Waals surface area contributed by atoms with Crippen molar-refractivity contribution in [2.75, 3.05) is 6.61 Å². The van der Waals surface area contributed by atoms with Crippen molar-refractivity contribution in [1.29, 1.82) is 0 Å². The Morgan fingerprint density at radius 2 is 1.77 bits per heavy atom. The lowest BCUT2D eigenvalue weighted by Gasteiger charge is -2.14. The van der Waals surface area contributed by atoms with Gasteiger partial charge in [-0.15, -0.1) is 11.3 Å². The van der Waals surface area contributed by atoms with Gasteiger partial charge in [-0.05, 0) is 67.3 Å². The van der Waals surface area contributed by atoms with Gasteiger partial charge in [-0.3, -0.25) is 9.78 Å². The molecule has 0 radical (unpaired) electrons. The first kappa shape index (κ1) is 27.4. The summed E-state index contributed by atoms with van der Waals surface area (Å²) in [5.74, 6) is 0.352. The number of carbonyl (C=O) groups is 1. The average molecular weight is 570 g/mol. The van der Waals surface area contributed by atoms with Crippen molar-refractivity contribution >= 4 is 44.7 Å². The maximum atomic E-state index is 12.5. The molecule has 0 amide bonds. The van der Waals surface area contributed by atoms with Crippen LogP contribution in [0.3, 0.4) is 0 Å². The maximum Gasteiger partial charge on any atom is 0.310 e. The SMILES string of the molecule is CCOC(=O)Cc1c(C)cc2nc(-c3ccnc(-c4cnc(/C(=C\N)CC)nc4)c3)sc2c1-c1ccc(Cl)cc1. The molecule has 0 saturated heterocycles. The van der Waals surface area contributed by atoms with E-state index in [1.165, 1.54) is 0 Å². The van der Waals surface area contributed by atoms with Crippen LogP contribution in [0.5, 0.6) is 0 Å². The zero-order valence-electron chi connectivity index (χ0n) is 22.4. The highest BCUT2D eigenvalue weighted by atomic mass is 35.5. The Labute approximate surface area is 241 Å². The Morgan fingerprint density at radius 1 is 1.02 bits per heavy atom. The van der Waals surface area contributed by atoms with Crippen molar-refractivity contribution in [3.8, 4) is 33.0 Å². The van der Waals surface area contributed by atoms with Crippen molar-refractivity contribution in [3.63, 3.8) is 0 Å². The van der Waals surface area contributed by atoms with E-state index < -0.39 is 0 Å². The molecule has 9 heteroatoms. The minimum absolute atomic E-state index is 0.176. The van der Waals surface area contributed by atoms with Gasteiger partial charge < -0.3 is 10.5 Å². The molecule has 0 aliphatic heterocycles. The van der Waals surface area contributed by atoms with Gasteiger partial charge in [0.1, 0.15) is 5.01 Å². The molecule has 7 nitrogen and oxygen atoms in total. The number of pyridine rings is 1. The second kappa shape index (κ2) is 11.9. The minimum atomic E-state index is -0.259. The summed E-state index contributed by atoms with van der Waals surface area (Å²) in [6.45, 7) is 6.17. The second-order valence-corrected chi connectivity index (χ2v) is 10.6. The van der Waals surface area contributed by atoms with Gasteiger partial charge in [-0.25, -0.2) is 15.0 Å². The fourth-order valence-corrected chi connectivity index (χ4v) is 5.82. The van der Waals surface area contributed by atoms with Crippen molar-refractivity contribution in [2.45, 2.75) is 33.6 Å². The van der Waals surface area contributed by atoms with Crippen LogP contribution in [0.25, 0.3) is 48.7 Å². The number of ether oxygens (including phenoxy) is 1. The molecule has 202 valence electrons. The lowest BCUT2D eigenvalue weighted by atomic mass is 9.93. The van der Waals surface area contributed by atoms with Crippen LogP contribution in [0, 0.1) is 6.92 Å². The highest BCUT2D eigenvalue weighted by molar-refractivity contribution is 7.22. The summed E-state index contributed by atoms with van der Waals surface area (Å²) in [6, 6.07) is 13.6. The van der Waals surface area contributed by atoms with E-state index in [2.05, 4.69) is 15.0 Å². The van der Waals surface area contributed by atoms with Crippen LogP contribution in [0.4, 0.5) is 0 Å². The predicted octanol–water partition coefficient (Wildman–Crippen LogP) is 7.26. The molecular weight excluding hydrogens is 542 g/mol. The number of halogens is 1.